The number of nitriles is 1. The summed E-state index contributed by atoms with van der Waals surface area (Å²) in [6.45, 7) is 4.20. The molecule has 0 spiro atoms. The second-order valence-corrected chi connectivity index (χ2v) is 3.07. The molecule has 4 nitrogen and oxygen atoms in total. The molecule has 15 heavy (non-hydrogen) atoms. The van der Waals surface area contributed by atoms with E-state index < -0.39 is 6.10 Å². The van der Waals surface area contributed by atoms with Gasteiger partial charge < -0.3 is 9.84 Å². The Balaban J connectivity index is 3.05. The van der Waals surface area contributed by atoms with E-state index in [1.54, 1.807) is 6.07 Å². The van der Waals surface area contributed by atoms with Gasteiger partial charge in [0.15, 0.2) is 0 Å². The van der Waals surface area contributed by atoms with Gasteiger partial charge in [-0.15, -0.1) is 0 Å². The zero-order valence-corrected chi connectivity index (χ0v) is 8.90. The van der Waals surface area contributed by atoms with Gasteiger partial charge in [-0.05, 0) is 13.3 Å². The molecule has 0 aromatic carbocycles. The molecule has 0 fully saturated rings. The van der Waals surface area contributed by atoms with Crippen LogP contribution in [0.25, 0.3) is 0 Å². The van der Waals surface area contributed by atoms with Gasteiger partial charge >= 0.3 is 0 Å². The second kappa shape index (κ2) is 5.32. The molecule has 1 aromatic rings. The molecule has 1 unspecified atom stereocenters. The Kier molecular flexibility index (Phi) is 4.07. The van der Waals surface area contributed by atoms with E-state index in [-0.39, 0.29) is 0 Å². The molecule has 1 atom stereocenters. The first kappa shape index (κ1) is 11.5. The van der Waals surface area contributed by atoms with Crippen molar-refractivity contribution in [2.75, 3.05) is 6.61 Å². The van der Waals surface area contributed by atoms with Crippen molar-refractivity contribution in [1.82, 2.24) is 4.98 Å². The fourth-order valence-electron chi connectivity index (χ4n) is 1.20. The molecule has 0 aliphatic heterocycles. The zero-order chi connectivity index (χ0) is 11.3. The van der Waals surface area contributed by atoms with Crippen molar-refractivity contribution in [3.8, 4) is 11.8 Å². The number of ether oxygens (including phenoxy) is 1. The van der Waals surface area contributed by atoms with Gasteiger partial charge in [0, 0.05) is 12.3 Å². The lowest BCUT2D eigenvalue weighted by atomic mass is 10.1. The van der Waals surface area contributed by atoms with Crippen LogP contribution in [0.4, 0.5) is 0 Å². The lowest BCUT2D eigenvalue weighted by molar-refractivity contribution is 0.168. The predicted molar refractivity (Wildman–Crippen MR) is 55.4 cm³/mol. The molecule has 1 aromatic heterocycles. The first-order chi connectivity index (χ1) is 7.22. The van der Waals surface area contributed by atoms with Crippen molar-refractivity contribution < 1.29 is 9.84 Å². The molecule has 1 N–H and O–H groups in total. The Morgan fingerprint density at radius 2 is 2.33 bits per heavy atom. The van der Waals surface area contributed by atoms with Crippen molar-refractivity contribution in [2.24, 2.45) is 0 Å². The van der Waals surface area contributed by atoms with Crippen LogP contribution in [0.5, 0.6) is 5.75 Å². The number of pyridine rings is 1. The summed E-state index contributed by atoms with van der Waals surface area (Å²) in [5.41, 5.74) is 0.934. The van der Waals surface area contributed by atoms with Crippen LogP contribution in [-0.4, -0.2) is 16.7 Å². The number of hydrogen-bond donors (Lipinski definition) is 1. The summed E-state index contributed by atoms with van der Waals surface area (Å²) < 4.78 is 5.29. The van der Waals surface area contributed by atoms with Crippen LogP contribution in [0, 0.1) is 11.3 Å². The van der Waals surface area contributed by atoms with Crippen LogP contribution >= 0.6 is 0 Å². The topological polar surface area (TPSA) is 66.1 Å². The Hall–Kier alpha value is -1.60. The maximum absolute atomic E-state index is 9.58. The van der Waals surface area contributed by atoms with Crippen molar-refractivity contribution >= 4 is 0 Å². The SMILES string of the molecule is CCOc1cc(C(O)CC)ncc1C#N. The average Bonchev–Trinajstić information content (AvgIpc) is 2.28. The highest BCUT2D eigenvalue weighted by Gasteiger charge is 2.11. The van der Waals surface area contributed by atoms with Crippen LogP contribution in [0.15, 0.2) is 12.3 Å². The van der Waals surface area contributed by atoms with Crippen LogP contribution < -0.4 is 4.74 Å². The third kappa shape index (κ3) is 2.67. The molecule has 0 saturated heterocycles. The van der Waals surface area contributed by atoms with Gasteiger partial charge in [-0.25, -0.2) is 0 Å². The van der Waals surface area contributed by atoms with Crippen molar-refractivity contribution in [3.63, 3.8) is 0 Å². The standard InChI is InChI=1S/C11H14N2O2/c1-3-10(14)9-5-11(15-4-2)8(6-12)7-13-9/h5,7,10,14H,3-4H2,1-2H3. The summed E-state index contributed by atoms with van der Waals surface area (Å²) in [4.78, 5) is 4.01. The molecule has 0 bridgehead atoms. The number of aromatic nitrogens is 1. The highest BCUT2D eigenvalue weighted by molar-refractivity contribution is 5.42. The highest BCUT2D eigenvalue weighted by atomic mass is 16.5. The number of aliphatic hydroxyl groups excluding tert-OH is 1. The van der Waals surface area contributed by atoms with Gasteiger partial charge in [0.1, 0.15) is 17.4 Å². The van der Waals surface area contributed by atoms with Gasteiger partial charge in [-0.1, -0.05) is 6.92 Å². The predicted octanol–water partition coefficient (Wildman–Crippen LogP) is 1.80. The molecule has 1 heterocycles. The Morgan fingerprint density at radius 3 is 2.87 bits per heavy atom. The monoisotopic (exact) mass is 206 g/mol. The minimum absolute atomic E-state index is 0.393. The molecular formula is C11H14N2O2. The van der Waals surface area contributed by atoms with Gasteiger partial charge in [-0.3, -0.25) is 4.98 Å². The molecule has 0 saturated carbocycles. The maximum atomic E-state index is 9.58. The van der Waals surface area contributed by atoms with Crippen LogP contribution in [-0.2, 0) is 0 Å². The quantitative estimate of drug-likeness (QED) is 0.815. The third-order valence-corrected chi connectivity index (χ3v) is 2.04. The summed E-state index contributed by atoms with van der Waals surface area (Å²) in [6.07, 6.45) is 1.42. The van der Waals surface area contributed by atoms with Crippen LogP contribution in [0.1, 0.15) is 37.6 Å². The maximum Gasteiger partial charge on any atom is 0.140 e. The smallest absolute Gasteiger partial charge is 0.140 e. The van der Waals surface area contributed by atoms with E-state index in [4.69, 9.17) is 10.00 Å². The van der Waals surface area contributed by atoms with E-state index in [9.17, 15) is 5.11 Å². The molecule has 0 radical (unpaired) electrons. The minimum Gasteiger partial charge on any atom is -0.492 e. The number of hydrogen-bond acceptors (Lipinski definition) is 4. The van der Waals surface area contributed by atoms with E-state index in [1.165, 1.54) is 6.20 Å². The Morgan fingerprint density at radius 1 is 1.60 bits per heavy atom. The molecule has 4 heteroatoms. The molecular weight excluding hydrogens is 192 g/mol. The number of rotatable bonds is 4. The Labute approximate surface area is 89.1 Å². The van der Waals surface area contributed by atoms with Gasteiger partial charge in [0.05, 0.1) is 18.4 Å². The van der Waals surface area contributed by atoms with E-state index in [1.807, 2.05) is 19.9 Å². The first-order valence-corrected chi connectivity index (χ1v) is 4.93. The molecule has 0 aliphatic carbocycles. The van der Waals surface area contributed by atoms with Crippen LogP contribution in [0.2, 0.25) is 0 Å². The summed E-state index contributed by atoms with van der Waals surface area (Å²) in [5.74, 6) is 0.484. The van der Waals surface area contributed by atoms with Crippen molar-refractivity contribution in [2.45, 2.75) is 26.4 Å². The van der Waals surface area contributed by atoms with Gasteiger partial charge in [0.25, 0.3) is 0 Å². The van der Waals surface area contributed by atoms with Crippen LogP contribution in [0.3, 0.4) is 0 Å². The van der Waals surface area contributed by atoms with E-state index in [0.717, 1.165) is 0 Å². The zero-order valence-electron chi connectivity index (χ0n) is 8.90. The molecule has 80 valence electrons. The molecule has 0 aliphatic rings. The third-order valence-electron chi connectivity index (χ3n) is 2.04. The van der Waals surface area contributed by atoms with E-state index in [0.29, 0.717) is 30.0 Å². The van der Waals surface area contributed by atoms with E-state index >= 15 is 0 Å². The van der Waals surface area contributed by atoms with Crippen molar-refractivity contribution in [1.29, 1.82) is 5.26 Å². The fraction of sp³-hybridized carbons (Fsp3) is 0.455. The Bertz CT molecular complexity index is 371. The number of nitrogens with zero attached hydrogens (tertiary/aromatic N) is 2. The average molecular weight is 206 g/mol. The fourth-order valence-corrected chi connectivity index (χ4v) is 1.20. The molecule has 1 rings (SSSR count). The summed E-state index contributed by atoms with van der Waals surface area (Å²) >= 11 is 0. The van der Waals surface area contributed by atoms with Gasteiger partial charge in [0.2, 0.25) is 0 Å². The lowest BCUT2D eigenvalue weighted by Crippen LogP contribution is -2.02. The first-order valence-electron chi connectivity index (χ1n) is 4.93. The van der Waals surface area contributed by atoms with Crippen molar-refractivity contribution in [3.05, 3.63) is 23.5 Å². The summed E-state index contributed by atoms with van der Waals surface area (Å²) in [5, 5.41) is 18.4. The highest BCUT2D eigenvalue weighted by Crippen LogP contribution is 2.22. The van der Waals surface area contributed by atoms with E-state index in [2.05, 4.69) is 4.98 Å². The lowest BCUT2D eigenvalue weighted by Gasteiger charge is -2.10. The van der Waals surface area contributed by atoms with Gasteiger partial charge in [-0.2, -0.15) is 5.26 Å². The summed E-state index contributed by atoms with van der Waals surface area (Å²) in [7, 11) is 0. The second-order valence-electron chi connectivity index (χ2n) is 3.07. The number of aliphatic hydroxyl groups is 1. The molecule has 0 amide bonds. The summed E-state index contributed by atoms with van der Waals surface area (Å²) in [6, 6.07) is 3.62. The minimum atomic E-state index is -0.600. The normalized spacial score (nSPS) is 11.9. The largest absolute Gasteiger partial charge is 0.492 e.